The minimum Gasteiger partial charge on any atom is -0.481 e. The first-order valence-electron chi connectivity index (χ1n) is 7.43. The molecule has 1 N–H and O–H groups in total. The number of hydrogen-bond acceptors (Lipinski definition) is 3. The monoisotopic (exact) mass is 308 g/mol. The Kier molecular flexibility index (Phi) is 6.12. The summed E-state index contributed by atoms with van der Waals surface area (Å²) in [6.07, 6.45) is 4.58. The Bertz CT molecular complexity index is 676. The number of benzene rings is 2. The lowest BCUT2D eigenvalue weighted by Crippen LogP contribution is -2.33. The van der Waals surface area contributed by atoms with Gasteiger partial charge < -0.3 is 4.74 Å². The molecule has 4 nitrogen and oxygen atoms in total. The van der Waals surface area contributed by atoms with Crippen LogP contribution in [0.3, 0.4) is 0 Å². The SMILES string of the molecule is Cc1ccc(O[C@@H](C)C(=O)NN=C/C=C/c2ccccc2)cc1. The number of hydrogen-bond donors (Lipinski definition) is 1. The van der Waals surface area contributed by atoms with E-state index in [2.05, 4.69) is 10.5 Å². The van der Waals surface area contributed by atoms with Crippen molar-refractivity contribution in [2.75, 3.05) is 0 Å². The van der Waals surface area contributed by atoms with Crippen molar-refractivity contribution < 1.29 is 9.53 Å². The van der Waals surface area contributed by atoms with E-state index in [1.54, 1.807) is 13.0 Å². The molecule has 0 aliphatic heterocycles. The molecule has 0 unspecified atom stereocenters. The average molecular weight is 308 g/mol. The van der Waals surface area contributed by atoms with Crippen molar-refractivity contribution in [1.29, 1.82) is 0 Å². The topological polar surface area (TPSA) is 50.7 Å². The van der Waals surface area contributed by atoms with Gasteiger partial charge in [-0.05, 0) is 37.6 Å². The molecule has 23 heavy (non-hydrogen) atoms. The van der Waals surface area contributed by atoms with Crippen molar-refractivity contribution in [3.8, 4) is 5.75 Å². The van der Waals surface area contributed by atoms with Gasteiger partial charge in [0, 0.05) is 6.21 Å². The van der Waals surface area contributed by atoms with Crippen LogP contribution in [0.1, 0.15) is 18.1 Å². The van der Waals surface area contributed by atoms with Gasteiger partial charge >= 0.3 is 0 Å². The van der Waals surface area contributed by atoms with Crippen molar-refractivity contribution in [1.82, 2.24) is 5.43 Å². The molecule has 0 saturated heterocycles. The van der Waals surface area contributed by atoms with E-state index < -0.39 is 6.10 Å². The second-order valence-electron chi connectivity index (χ2n) is 5.10. The van der Waals surface area contributed by atoms with Crippen LogP contribution in [0, 0.1) is 6.92 Å². The van der Waals surface area contributed by atoms with Crippen LogP contribution < -0.4 is 10.2 Å². The summed E-state index contributed by atoms with van der Waals surface area (Å²) in [4.78, 5) is 11.9. The van der Waals surface area contributed by atoms with Crippen LogP contribution in [-0.4, -0.2) is 18.2 Å². The van der Waals surface area contributed by atoms with E-state index in [0.717, 1.165) is 11.1 Å². The maximum Gasteiger partial charge on any atom is 0.280 e. The summed E-state index contributed by atoms with van der Waals surface area (Å²) in [6.45, 7) is 3.68. The maximum atomic E-state index is 11.9. The van der Waals surface area contributed by atoms with Gasteiger partial charge in [-0.1, -0.05) is 54.1 Å². The molecule has 2 aromatic carbocycles. The molecule has 0 spiro atoms. The number of rotatable bonds is 6. The maximum absolute atomic E-state index is 11.9. The summed E-state index contributed by atoms with van der Waals surface area (Å²) in [6, 6.07) is 17.4. The smallest absolute Gasteiger partial charge is 0.280 e. The molecule has 118 valence electrons. The van der Waals surface area contributed by atoms with Crippen LogP contribution in [0.4, 0.5) is 0 Å². The first kappa shape index (κ1) is 16.5. The number of nitrogens with one attached hydrogen (secondary N) is 1. The number of hydrazone groups is 1. The first-order valence-corrected chi connectivity index (χ1v) is 7.43. The van der Waals surface area contributed by atoms with Crippen LogP contribution in [-0.2, 0) is 4.79 Å². The van der Waals surface area contributed by atoms with Crippen molar-refractivity contribution >= 4 is 18.2 Å². The summed E-state index contributed by atoms with van der Waals surface area (Å²) >= 11 is 0. The molecule has 1 amide bonds. The minimum absolute atomic E-state index is 0.296. The number of carbonyl (C=O) groups is 1. The summed E-state index contributed by atoms with van der Waals surface area (Å²) < 4.78 is 5.55. The molecule has 1 atom stereocenters. The highest BCUT2D eigenvalue weighted by molar-refractivity contribution is 5.83. The fourth-order valence-corrected chi connectivity index (χ4v) is 1.83. The van der Waals surface area contributed by atoms with Crippen LogP contribution in [0.15, 0.2) is 65.8 Å². The second kappa shape index (κ2) is 8.54. The van der Waals surface area contributed by atoms with E-state index in [1.165, 1.54) is 6.21 Å². The van der Waals surface area contributed by atoms with Gasteiger partial charge in [0.05, 0.1) is 0 Å². The summed E-state index contributed by atoms with van der Waals surface area (Å²) in [5, 5.41) is 3.87. The fourth-order valence-electron chi connectivity index (χ4n) is 1.83. The molecular formula is C19H20N2O2. The molecule has 2 aromatic rings. The molecule has 0 fully saturated rings. The highest BCUT2D eigenvalue weighted by Gasteiger charge is 2.13. The molecule has 0 heterocycles. The fraction of sp³-hybridized carbons (Fsp3) is 0.158. The third-order valence-electron chi connectivity index (χ3n) is 3.13. The van der Waals surface area contributed by atoms with E-state index in [0.29, 0.717) is 5.75 Å². The Morgan fingerprint density at radius 3 is 2.52 bits per heavy atom. The number of carbonyl (C=O) groups excluding carboxylic acids is 1. The molecule has 2 rings (SSSR count). The summed E-state index contributed by atoms with van der Waals surface area (Å²) in [5.41, 5.74) is 4.67. The van der Waals surface area contributed by atoms with Crippen LogP contribution >= 0.6 is 0 Å². The van der Waals surface area contributed by atoms with Crippen LogP contribution in [0.25, 0.3) is 6.08 Å². The quantitative estimate of drug-likeness (QED) is 0.655. The summed E-state index contributed by atoms with van der Waals surface area (Å²) in [7, 11) is 0. The van der Waals surface area contributed by atoms with E-state index in [4.69, 9.17) is 4.74 Å². The van der Waals surface area contributed by atoms with Crippen molar-refractivity contribution in [2.24, 2.45) is 5.10 Å². The Labute approximate surface area is 136 Å². The zero-order chi connectivity index (χ0) is 16.5. The van der Waals surface area contributed by atoms with E-state index in [1.807, 2.05) is 67.6 Å². The third kappa shape index (κ3) is 5.79. The number of amides is 1. The van der Waals surface area contributed by atoms with Crippen molar-refractivity contribution in [2.45, 2.75) is 20.0 Å². The minimum atomic E-state index is -0.618. The molecule has 0 aliphatic rings. The van der Waals surface area contributed by atoms with Gasteiger partial charge in [0.1, 0.15) is 5.75 Å². The number of aryl methyl sites for hydroxylation is 1. The Morgan fingerprint density at radius 2 is 1.83 bits per heavy atom. The highest BCUT2D eigenvalue weighted by atomic mass is 16.5. The molecule has 0 aromatic heterocycles. The van der Waals surface area contributed by atoms with Gasteiger partial charge in [0.25, 0.3) is 5.91 Å². The standard InChI is InChI=1S/C19H20N2O2/c1-15-10-12-18(13-11-15)23-16(2)19(22)21-20-14-6-9-17-7-4-3-5-8-17/h3-14,16H,1-2H3,(H,21,22)/b9-6+,20-14?/t16-/m0/s1. The van der Waals surface area contributed by atoms with Gasteiger partial charge in [0.15, 0.2) is 6.10 Å². The zero-order valence-electron chi connectivity index (χ0n) is 13.3. The molecule has 0 saturated carbocycles. The lowest BCUT2D eigenvalue weighted by Gasteiger charge is -2.12. The second-order valence-corrected chi connectivity index (χ2v) is 5.10. The van der Waals surface area contributed by atoms with E-state index in [9.17, 15) is 4.79 Å². The predicted octanol–water partition coefficient (Wildman–Crippen LogP) is 3.58. The number of allylic oxidation sites excluding steroid dienone is 1. The average Bonchev–Trinajstić information content (AvgIpc) is 2.57. The van der Waals surface area contributed by atoms with Gasteiger partial charge in [-0.2, -0.15) is 5.10 Å². The lowest BCUT2D eigenvalue weighted by atomic mass is 10.2. The molecule has 0 bridgehead atoms. The predicted molar refractivity (Wildman–Crippen MR) is 93.4 cm³/mol. The van der Waals surface area contributed by atoms with Crippen LogP contribution in [0.5, 0.6) is 5.75 Å². The zero-order valence-corrected chi connectivity index (χ0v) is 13.3. The van der Waals surface area contributed by atoms with Gasteiger partial charge in [-0.25, -0.2) is 5.43 Å². The number of ether oxygens (including phenoxy) is 1. The molecule has 0 aliphatic carbocycles. The Morgan fingerprint density at radius 1 is 1.13 bits per heavy atom. The molecule has 0 radical (unpaired) electrons. The largest absolute Gasteiger partial charge is 0.481 e. The summed E-state index contributed by atoms with van der Waals surface area (Å²) in [5.74, 6) is 0.362. The lowest BCUT2D eigenvalue weighted by molar-refractivity contribution is -0.127. The van der Waals surface area contributed by atoms with Gasteiger partial charge in [-0.3, -0.25) is 4.79 Å². The van der Waals surface area contributed by atoms with Gasteiger partial charge in [-0.15, -0.1) is 0 Å². The van der Waals surface area contributed by atoms with Crippen molar-refractivity contribution in [3.05, 3.63) is 71.8 Å². The number of nitrogens with zero attached hydrogens (tertiary/aromatic N) is 1. The Hall–Kier alpha value is -2.88. The third-order valence-corrected chi connectivity index (χ3v) is 3.13. The van der Waals surface area contributed by atoms with Gasteiger partial charge in [0.2, 0.25) is 0 Å². The van der Waals surface area contributed by atoms with Crippen molar-refractivity contribution in [3.63, 3.8) is 0 Å². The first-order chi connectivity index (χ1) is 11.1. The Balaban J connectivity index is 1.78. The molecule has 4 heteroatoms. The van der Waals surface area contributed by atoms with E-state index >= 15 is 0 Å². The normalized spacial score (nSPS) is 12.4. The van der Waals surface area contributed by atoms with E-state index in [-0.39, 0.29) is 5.91 Å². The molecular weight excluding hydrogens is 288 g/mol. The van der Waals surface area contributed by atoms with Crippen LogP contribution in [0.2, 0.25) is 0 Å². The highest BCUT2D eigenvalue weighted by Crippen LogP contribution is 2.13.